The van der Waals surface area contributed by atoms with Gasteiger partial charge in [0.25, 0.3) is 0 Å². The highest BCUT2D eigenvalue weighted by Gasteiger charge is 2.34. The molecular weight excluding hydrogens is 280 g/mol. The van der Waals surface area contributed by atoms with Crippen LogP contribution in [0.15, 0.2) is 29.2 Å². The number of fused-ring (bicyclic) bond motifs is 1. The number of hydrogen-bond acceptors (Lipinski definition) is 3. The van der Waals surface area contributed by atoms with Gasteiger partial charge >= 0.3 is 0 Å². The Hall–Kier alpha value is -1.00. The van der Waals surface area contributed by atoms with Crippen LogP contribution in [-0.2, 0) is 4.79 Å². The molecule has 3 nitrogen and oxygen atoms in total. The largest absolute Gasteiger partial charge is 0.338 e. The summed E-state index contributed by atoms with van der Waals surface area (Å²) in [7, 11) is 0. The molecule has 1 amide bonds. The minimum atomic E-state index is 0.0370. The number of carbonyl (C=O) groups excluding carboxylic acids is 1. The van der Waals surface area contributed by atoms with E-state index in [4.69, 9.17) is 0 Å². The van der Waals surface area contributed by atoms with Crippen LogP contribution in [0.3, 0.4) is 0 Å². The zero-order valence-electron chi connectivity index (χ0n) is 12.8. The molecule has 1 aromatic rings. The van der Waals surface area contributed by atoms with E-state index in [0.717, 1.165) is 18.8 Å². The molecule has 1 aromatic carbocycles. The van der Waals surface area contributed by atoms with E-state index >= 15 is 0 Å². The van der Waals surface area contributed by atoms with Crippen molar-refractivity contribution in [3.8, 4) is 0 Å². The monoisotopic (exact) mass is 304 g/mol. The maximum absolute atomic E-state index is 13.0. The molecule has 0 aromatic heterocycles. The first kappa shape index (κ1) is 14.9. The first-order valence-electron chi connectivity index (χ1n) is 7.92. The molecule has 0 radical (unpaired) electrons. The van der Waals surface area contributed by atoms with E-state index in [-0.39, 0.29) is 12.0 Å². The maximum Gasteiger partial charge on any atom is 0.231 e. The Morgan fingerprint density at radius 2 is 2.24 bits per heavy atom. The fourth-order valence-electron chi connectivity index (χ4n) is 3.27. The molecule has 0 aliphatic carbocycles. The van der Waals surface area contributed by atoms with Crippen LogP contribution in [0, 0.1) is 0 Å². The van der Waals surface area contributed by atoms with Gasteiger partial charge in [-0.1, -0.05) is 18.2 Å². The number of carbonyl (C=O) groups is 1. The second-order valence-electron chi connectivity index (χ2n) is 6.28. The molecule has 2 atom stereocenters. The van der Waals surface area contributed by atoms with E-state index in [2.05, 4.69) is 42.3 Å². The average molecular weight is 304 g/mol. The van der Waals surface area contributed by atoms with Crippen LogP contribution in [0.2, 0.25) is 0 Å². The van der Waals surface area contributed by atoms with Gasteiger partial charge in [-0.2, -0.15) is 0 Å². The van der Waals surface area contributed by atoms with Gasteiger partial charge in [-0.15, -0.1) is 11.8 Å². The standard InChI is InChI=1S/C17H24N2OS/c1-12(2)19(10-13-6-5-9-18-13)17(20)15-11-21-16-8-4-3-7-14(15)16/h3-4,7-8,12-13,15,18H,5-6,9-11H2,1-2H3. The van der Waals surface area contributed by atoms with Crippen LogP contribution in [0.5, 0.6) is 0 Å². The highest BCUT2D eigenvalue weighted by atomic mass is 32.2. The Kier molecular flexibility index (Phi) is 4.55. The summed E-state index contributed by atoms with van der Waals surface area (Å²) < 4.78 is 0. The number of nitrogens with one attached hydrogen (secondary N) is 1. The second-order valence-corrected chi connectivity index (χ2v) is 7.34. The molecular formula is C17H24N2OS. The van der Waals surface area contributed by atoms with Crippen molar-refractivity contribution in [2.75, 3.05) is 18.8 Å². The van der Waals surface area contributed by atoms with Crippen molar-refractivity contribution in [2.45, 2.75) is 49.6 Å². The van der Waals surface area contributed by atoms with Crippen LogP contribution < -0.4 is 5.32 Å². The van der Waals surface area contributed by atoms with Crippen LogP contribution in [0.4, 0.5) is 0 Å². The first-order valence-corrected chi connectivity index (χ1v) is 8.91. The Morgan fingerprint density at radius 3 is 2.95 bits per heavy atom. The summed E-state index contributed by atoms with van der Waals surface area (Å²) in [5, 5.41) is 3.51. The SMILES string of the molecule is CC(C)N(CC1CCCN1)C(=O)C1CSc2ccccc21. The van der Waals surface area contributed by atoms with Gasteiger partial charge in [0, 0.05) is 29.3 Å². The summed E-state index contributed by atoms with van der Waals surface area (Å²) in [6, 6.07) is 9.08. The van der Waals surface area contributed by atoms with E-state index in [1.54, 1.807) is 0 Å². The van der Waals surface area contributed by atoms with Gasteiger partial charge in [0.2, 0.25) is 5.91 Å². The quantitative estimate of drug-likeness (QED) is 0.928. The third-order valence-corrected chi connectivity index (χ3v) is 5.67. The lowest BCUT2D eigenvalue weighted by atomic mass is 9.99. The molecule has 2 unspecified atom stereocenters. The van der Waals surface area contributed by atoms with Gasteiger partial charge in [0.15, 0.2) is 0 Å². The minimum absolute atomic E-state index is 0.0370. The minimum Gasteiger partial charge on any atom is -0.338 e. The maximum atomic E-state index is 13.0. The van der Waals surface area contributed by atoms with Crippen molar-refractivity contribution in [1.82, 2.24) is 10.2 Å². The molecule has 1 saturated heterocycles. The topological polar surface area (TPSA) is 32.3 Å². The van der Waals surface area contributed by atoms with Crippen LogP contribution in [0.25, 0.3) is 0 Å². The summed E-state index contributed by atoms with van der Waals surface area (Å²) in [4.78, 5) is 16.4. The van der Waals surface area contributed by atoms with Gasteiger partial charge in [-0.3, -0.25) is 4.79 Å². The first-order chi connectivity index (χ1) is 10.2. The third-order valence-electron chi connectivity index (χ3n) is 4.48. The van der Waals surface area contributed by atoms with E-state index in [0.29, 0.717) is 11.9 Å². The lowest BCUT2D eigenvalue weighted by molar-refractivity contribution is -0.134. The smallest absolute Gasteiger partial charge is 0.231 e. The Morgan fingerprint density at radius 1 is 1.43 bits per heavy atom. The predicted octanol–water partition coefficient (Wildman–Crippen LogP) is 2.86. The molecule has 0 saturated carbocycles. The lowest BCUT2D eigenvalue weighted by Crippen LogP contribution is -2.46. The molecule has 2 aliphatic rings. The number of rotatable bonds is 4. The zero-order valence-corrected chi connectivity index (χ0v) is 13.7. The number of hydrogen-bond donors (Lipinski definition) is 1. The summed E-state index contributed by atoms with van der Waals surface area (Å²) in [6.07, 6.45) is 2.42. The lowest BCUT2D eigenvalue weighted by Gasteiger charge is -2.32. The van der Waals surface area contributed by atoms with Crippen molar-refractivity contribution in [3.63, 3.8) is 0 Å². The molecule has 2 aliphatic heterocycles. The average Bonchev–Trinajstić information content (AvgIpc) is 3.13. The molecule has 21 heavy (non-hydrogen) atoms. The molecule has 114 valence electrons. The Balaban J connectivity index is 1.75. The van der Waals surface area contributed by atoms with Gasteiger partial charge in [0.05, 0.1) is 5.92 Å². The van der Waals surface area contributed by atoms with E-state index < -0.39 is 0 Å². The second kappa shape index (κ2) is 6.41. The van der Waals surface area contributed by atoms with Crippen molar-refractivity contribution in [3.05, 3.63) is 29.8 Å². The summed E-state index contributed by atoms with van der Waals surface area (Å²) in [5.41, 5.74) is 1.22. The molecule has 3 rings (SSSR count). The molecule has 1 fully saturated rings. The Labute approximate surface area is 131 Å². The van der Waals surface area contributed by atoms with E-state index in [1.807, 2.05) is 17.8 Å². The van der Waals surface area contributed by atoms with E-state index in [9.17, 15) is 4.79 Å². The van der Waals surface area contributed by atoms with Crippen LogP contribution >= 0.6 is 11.8 Å². The van der Waals surface area contributed by atoms with Crippen molar-refractivity contribution < 1.29 is 4.79 Å². The predicted molar refractivity (Wildman–Crippen MR) is 87.8 cm³/mol. The van der Waals surface area contributed by atoms with Gasteiger partial charge in [-0.25, -0.2) is 0 Å². The zero-order chi connectivity index (χ0) is 14.8. The molecule has 0 spiro atoms. The van der Waals surface area contributed by atoms with Crippen molar-refractivity contribution in [2.24, 2.45) is 0 Å². The fraction of sp³-hybridized carbons (Fsp3) is 0.588. The molecule has 1 N–H and O–H groups in total. The number of thioether (sulfide) groups is 1. The van der Waals surface area contributed by atoms with E-state index in [1.165, 1.54) is 23.3 Å². The molecule has 4 heteroatoms. The summed E-state index contributed by atoms with van der Waals surface area (Å²) in [5.74, 6) is 1.23. The Bertz CT molecular complexity index is 511. The van der Waals surface area contributed by atoms with Gasteiger partial charge in [0.1, 0.15) is 0 Å². The van der Waals surface area contributed by atoms with Crippen LogP contribution in [-0.4, -0.2) is 41.7 Å². The molecule has 2 heterocycles. The van der Waals surface area contributed by atoms with Gasteiger partial charge < -0.3 is 10.2 Å². The van der Waals surface area contributed by atoms with Crippen LogP contribution in [0.1, 0.15) is 38.2 Å². The summed E-state index contributed by atoms with van der Waals surface area (Å²) >= 11 is 1.81. The van der Waals surface area contributed by atoms with Crippen molar-refractivity contribution in [1.29, 1.82) is 0 Å². The van der Waals surface area contributed by atoms with Gasteiger partial charge in [-0.05, 0) is 44.9 Å². The number of benzene rings is 1. The highest BCUT2D eigenvalue weighted by Crippen LogP contribution is 2.40. The normalized spacial score (nSPS) is 24.3. The molecule has 0 bridgehead atoms. The highest BCUT2D eigenvalue weighted by molar-refractivity contribution is 7.99. The number of amides is 1. The third kappa shape index (κ3) is 3.11. The number of nitrogens with zero attached hydrogens (tertiary/aromatic N) is 1. The summed E-state index contributed by atoms with van der Waals surface area (Å²) in [6.45, 7) is 6.19. The fourth-order valence-corrected chi connectivity index (χ4v) is 4.49. The van der Waals surface area contributed by atoms with Crippen molar-refractivity contribution >= 4 is 17.7 Å².